The van der Waals surface area contributed by atoms with Gasteiger partial charge in [0.05, 0.1) is 17.7 Å². The largest absolute Gasteiger partial charge is 0.494 e. The summed E-state index contributed by atoms with van der Waals surface area (Å²) in [4.78, 5) is 37.1. The van der Waals surface area contributed by atoms with Crippen molar-refractivity contribution >= 4 is 30.5 Å². The fraction of sp³-hybridized carbons (Fsp3) is 0.591. The van der Waals surface area contributed by atoms with Crippen LogP contribution in [-0.4, -0.2) is 78.1 Å². The van der Waals surface area contributed by atoms with Crippen LogP contribution in [0.3, 0.4) is 0 Å². The summed E-state index contributed by atoms with van der Waals surface area (Å²) in [6.07, 6.45) is -1.45. The molecule has 0 spiro atoms. The number of ether oxygens (including phenoxy) is 1. The molecule has 180 valence electrons. The molecule has 3 rings (SSSR count). The smallest absolute Gasteiger partial charge is 0.465 e. The summed E-state index contributed by atoms with van der Waals surface area (Å²) in [6, 6.07) is 6.41. The van der Waals surface area contributed by atoms with Crippen molar-refractivity contribution in [2.75, 3.05) is 19.7 Å². The van der Waals surface area contributed by atoms with Crippen LogP contribution in [0.2, 0.25) is 0 Å². The third kappa shape index (κ3) is 5.84. The second-order valence-corrected chi connectivity index (χ2v) is 9.44. The topological polar surface area (TPSA) is 140 Å². The maximum atomic E-state index is 12.7. The number of nitrogens with two attached hydrogens (primary N) is 1. The lowest BCUT2D eigenvalue weighted by atomic mass is 9.78. The molecule has 3 amide bonds. The molecule has 0 saturated carbocycles. The summed E-state index contributed by atoms with van der Waals surface area (Å²) in [5.74, 6) is -1.26. The maximum Gasteiger partial charge on any atom is 0.494 e. The quantitative estimate of drug-likeness (QED) is 0.517. The highest BCUT2D eigenvalue weighted by Gasteiger charge is 2.51. The van der Waals surface area contributed by atoms with E-state index in [1.165, 1.54) is 0 Å². The van der Waals surface area contributed by atoms with E-state index in [2.05, 4.69) is 5.32 Å². The first-order valence-electron chi connectivity index (χ1n) is 11.0. The van der Waals surface area contributed by atoms with E-state index in [1.807, 2.05) is 52.0 Å². The van der Waals surface area contributed by atoms with Crippen LogP contribution in [0.15, 0.2) is 24.3 Å². The summed E-state index contributed by atoms with van der Waals surface area (Å²) < 4.78 is 17.6. The second-order valence-electron chi connectivity index (χ2n) is 9.44. The number of benzene rings is 1. The first kappa shape index (κ1) is 25.0. The summed E-state index contributed by atoms with van der Waals surface area (Å²) in [5.41, 5.74) is 6.25. The molecule has 4 N–H and O–H groups in total. The van der Waals surface area contributed by atoms with E-state index in [4.69, 9.17) is 19.8 Å². The van der Waals surface area contributed by atoms with Crippen molar-refractivity contribution < 1.29 is 33.5 Å². The van der Waals surface area contributed by atoms with Crippen LogP contribution in [0.25, 0.3) is 0 Å². The fourth-order valence-corrected chi connectivity index (χ4v) is 3.67. The molecule has 1 aromatic rings. The SMILES string of the molecule is CC1(C)OB(c2ccc(CC(NC(=O)[C@@H]3CN(C(=O)O)CCCO3)C(N)=O)cc2)OC1(C)C. The first-order valence-corrected chi connectivity index (χ1v) is 11.0. The average Bonchev–Trinajstić information content (AvgIpc) is 2.90. The average molecular weight is 461 g/mol. The van der Waals surface area contributed by atoms with E-state index in [9.17, 15) is 19.5 Å². The molecule has 33 heavy (non-hydrogen) atoms. The van der Waals surface area contributed by atoms with Gasteiger partial charge in [0, 0.05) is 19.6 Å². The van der Waals surface area contributed by atoms with Crippen molar-refractivity contribution in [1.82, 2.24) is 10.2 Å². The number of hydrogen-bond acceptors (Lipinski definition) is 6. The first-order chi connectivity index (χ1) is 15.4. The number of nitrogens with one attached hydrogen (secondary N) is 1. The Bertz CT molecular complexity index is 874. The number of amides is 3. The van der Waals surface area contributed by atoms with Gasteiger partial charge in [0.25, 0.3) is 5.91 Å². The molecular weight excluding hydrogens is 429 g/mol. The van der Waals surface area contributed by atoms with Crippen LogP contribution >= 0.6 is 0 Å². The Labute approximate surface area is 193 Å². The summed E-state index contributed by atoms with van der Waals surface area (Å²) in [5, 5.41) is 11.8. The zero-order valence-corrected chi connectivity index (χ0v) is 19.5. The number of primary amides is 1. The monoisotopic (exact) mass is 461 g/mol. The highest BCUT2D eigenvalue weighted by molar-refractivity contribution is 6.62. The Morgan fingerprint density at radius 1 is 1.18 bits per heavy atom. The van der Waals surface area contributed by atoms with Gasteiger partial charge in [0.15, 0.2) is 6.10 Å². The normalized spacial score (nSPS) is 23.0. The van der Waals surface area contributed by atoms with Crippen molar-refractivity contribution in [3.8, 4) is 0 Å². The molecule has 2 aliphatic rings. The van der Waals surface area contributed by atoms with Crippen LogP contribution in [0, 0.1) is 0 Å². The number of carboxylic acid groups (broad SMARTS) is 1. The maximum absolute atomic E-state index is 12.7. The standard InChI is InChI=1S/C22H32BN3O7/c1-21(2)22(3,4)33-23(32-21)15-8-6-14(7-9-15)12-16(18(24)27)25-19(28)17-13-26(20(29)30)10-5-11-31-17/h6-9,16-17H,5,10-13H2,1-4H3,(H2,24,27)(H,25,28)(H,29,30)/t16?,17-/m0/s1. The summed E-state index contributed by atoms with van der Waals surface area (Å²) in [6.45, 7) is 8.36. The minimum atomic E-state index is -1.12. The lowest BCUT2D eigenvalue weighted by Gasteiger charge is -2.32. The van der Waals surface area contributed by atoms with E-state index >= 15 is 0 Å². The van der Waals surface area contributed by atoms with E-state index in [0.29, 0.717) is 6.42 Å². The van der Waals surface area contributed by atoms with Gasteiger partial charge in [-0.25, -0.2) is 4.79 Å². The lowest BCUT2D eigenvalue weighted by Crippen LogP contribution is -2.52. The molecule has 2 heterocycles. The van der Waals surface area contributed by atoms with E-state index in [1.54, 1.807) is 0 Å². The molecule has 2 atom stereocenters. The predicted octanol–water partition coefficient (Wildman–Crippen LogP) is 0.267. The molecule has 1 aromatic carbocycles. The molecule has 0 aliphatic carbocycles. The van der Waals surface area contributed by atoms with Gasteiger partial charge in [0.2, 0.25) is 5.91 Å². The highest BCUT2D eigenvalue weighted by atomic mass is 16.7. The number of carbonyl (C=O) groups is 3. The number of hydrogen-bond donors (Lipinski definition) is 3. The van der Waals surface area contributed by atoms with Crippen molar-refractivity contribution in [1.29, 1.82) is 0 Å². The van der Waals surface area contributed by atoms with E-state index in [-0.39, 0.29) is 26.1 Å². The van der Waals surface area contributed by atoms with Gasteiger partial charge in [0.1, 0.15) is 6.04 Å². The Balaban J connectivity index is 1.63. The molecule has 11 heteroatoms. The number of carbonyl (C=O) groups excluding carboxylic acids is 2. The Morgan fingerprint density at radius 3 is 2.33 bits per heavy atom. The minimum absolute atomic E-state index is 0.102. The zero-order valence-electron chi connectivity index (χ0n) is 19.5. The molecule has 0 bridgehead atoms. The van der Waals surface area contributed by atoms with Gasteiger partial charge in [-0.1, -0.05) is 24.3 Å². The van der Waals surface area contributed by atoms with Crippen molar-refractivity contribution in [2.24, 2.45) is 5.73 Å². The van der Waals surface area contributed by atoms with E-state index < -0.39 is 48.4 Å². The van der Waals surface area contributed by atoms with Crippen LogP contribution in [0.4, 0.5) is 4.79 Å². The van der Waals surface area contributed by atoms with Gasteiger partial charge >= 0.3 is 13.2 Å². The van der Waals surface area contributed by atoms with Crippen molar-refractivity contribution in [2.45, 2.75) is 63.9 Å². The second kappa shape index (κ2) is 9.70. The Morgan fingerprint density at radius 2 is 1.79 bits per heavy atom. The van der Waals surface area contributed by atoms with Gasteiger partial charge in [-0.05, 0) is 45.1 Å². The minimum Gasteiger partial charge on any atom is -0.465 e. The van der Waals surface area contributed by atoms with Crippen LogP contribution < -0.4 is 16.5 Å². The van der Waals surface area contributed by atoms with Gasteiger partial charge in [-0.15, -0.1) is 0 Å². The van der Waals surface area contributed by atoms with Crippen molar-refractivity contribution in [3.05, 3.63) is 29.8 Å². The third-order valence-corrected chi connectivity index (χ3v) is 6.45. The molecular formula is C22H32BN3O7. The molecule has 1 unspecified atom stereocenters. The predicted molar refractivity (Wildman–Crippen MR) is 121 cm³/mol. The molecule has 10 nitrogen and oxygen atoms in total. The molecule has 0 aromatic heterocycles. The Kier molecular flexibility index (Phi) is 7.35. The molecule has 2 saturated heterocycles. The molecule has 2 fully saturated rings. The molecule has 0 radical (unpaired) electrons. The number of nitrogens with zero attached hydrogens (tertiary/aromatic N) is 1. The number of rotatable bonds is 6. The summed E-state index contributed by atoms with van der Waals surface area (Å²) >= 11 is 0. The van der Waals surface area contributed by atoms with E-state index in [0.717, 1.165) is 15.9 Å². The highest BCUT2D eigenvalue weighted by Crippen LogP contribution is 2.36. The zero-order chi connectivity index (χ0) is 24.4. The molecule has 2 aliphatic heterocycles. The summed E-state index contributed by atoms with van der Waals surface area (Å²) in [7, 11) is -0.500. The van der Waals surface area contributed by atoms with Gasteiger partial charge < -0.3 is 35.1 Å². The van der Waals surface area contributed by atoms with Crippen molar-refractivity contribution in [3.63, 3.8) is 0 Å². The fourth-order valence-electron chi connectivity index (χ4n) is 3.67. The van der Waals surface area contributed by atoms with Crippen LogP contribution in [0.1, 0.15) is 39.7 Å². The Hall–Kier alpha value is -2.63. The van der Waals surface area contributed by atoms with Crippen LogP contribution in [-0.2, 0) is 30.1 Å². The van der Waals surface area contributed by atoms with Crippen LogP contribution in [0.5, 0.6) is 0 Å². The lowest BCUT2D eigenvalue weighted by molar-refractivity contribution is -0.135. The van der Waals surface area contributed by atoms with Gasteiger partial charge in [-0.3, -0.25) is 9.59 Å². The van der Waals surface area contributed by atoms with Gasteiger partial charge in [-0.2, -0.15) is 0 Å². The third-order valence-electron chi connectivity index (χ3n) is 6.45.